The Morgan fingerprint density at radius 2 is 1.75 bits per heavy atom. The van der Waals surface area contributed by atoms with Crippen molar-refractivity contribution >= 4 is 8.80 Å². The summed E-state index contributed by atoms with van der Waals surface area (Å²) in [6, 6.07) is 0. The molecule has 1 fully saturated rings. The first-order chi connectivity index (χ1) is 5.61. The van der Waals surface area contributed by atoms with Crippen molar-refractivity contribution in [2.24, 2.45) is 5.92 Å². The quantitative estimate of drug-likeness (QED) is 0.453. The molecule has 0 radical (unpaired) electrons. The fraction of sp³-hybridized carbons (Fsp3) is 0.818. The molecule has 1 rings (SSSR count). The normalized spacial score (nSPS) is 19.2. The van der Waals surface area contributed by atoms with Gasteiger partial charge in [0, 0.05) is 5.92 Å². The van der Waals surface area contributed by atoms with Gasteiger partial charge in [0.05, 0.1) is 0 Å². The molecule has 68 valence electrons. The van der Waals surface area contributed by atoms with E-state index in [9.17, 15) is 0 Å². The van der Waals surface area contributed by atoms with Crippen LogP contribution in [0.2, 0.25) is 11.1 Å². The lowest BCUT2D eigenvalue weighted by molar-refractivity contribution is 0.867. The molecule has 0 aromatic rings. The average molecular weight is 180 g/mol. The molecule has 1 unspecified atom stereocenters. The summed E-state index contributed by atoms with van der Waals surface area (Å²) in [6.07, 6.45) is 2.95. The Labute approximate surface area is 78.4 Å². The first-order valence-electron chi connectivity index (χ1n) is 5.12. The predicted molar refractivity (Wildman–Crippen MR) is 57.8 cm³/mol. The first-order valence-corrected chi connectivity index (χ1v) is 7.03. The summed E-state index contributed by atoms with van der Waals surface area (Å²) < 4.78 is 0. The van der Waals surface area contributed by atoms with Gasteiger partial charge < -0.3 is 0 Å². The highest BCUT2D eigenvalue weighted by molar-refractivity contribution is 6.71. The summed E-state index contributed by atoms with van der Waals surface area (Å²) in [5.74, 6) is 3.93. The third-order valence-electron chi connectivity index (χ3n) is 2.39. The second-order valence-electron chi connectivity index (χ2n) is 4.55. The molecule has 1 saturated carbocycles. The third-order valence-corrected chi connectivity index (χ3v) is 6.01. The van der Waals surface area contributed by atoms with Gasteiger partial charge >= 0.3 is 0 Å². The third kappa shape index (κ3) is 3.03. The van der Waals surface area contributed by atoms with Crippen molar-refractivity contribution < 1.29 is 0 Å². The van der Waals surface area contributed by atoms with Gasteiger partial charge in [-0.3, -0.25) is 0 Å². The van der Waals surface area contributed by atoms with Crippen molar-refractivity contribution in [1.29, 1.82) is 0 Å². The van der Waals surface area contributed by atoms with Gasteiger partial charge in [-0.05, 0) is 11.1 Å². The van der Waals surface area contributed by atoms with E-state index < -0.39 is 8.80 Å². The van der Waals surface area contributed by atoms with Crippen LogP contribution in [0.5, 0.6) is 0 Å². The van der Waals surface area contributed by atoms with E-state index in [1.165, 1.54) is 12.8 Å². The van der Waals surface area contributed by atoms with Crippen molar-refractivity contribution in [3.05, 3.63) is 0 Å². The van der Waals surface area contributed by atoms with Crippen LogP contribution in [0.4, 0.5) is 0 Å². The highest BCUT2D eigenvalue weighted by Crippen LogP contribution is 2.42. The van der Waals surface area contributed by atoms with Crippen molar-refractivity contribution in [2.75, 3.05) is 0 Å². The zero-order valence-corrected chi connectivity index (χ0v) is 9.88. The van der Waals surface area contributed by atoms with Crippen LogP contribution in [-0.4, -0.2) is 8.80 Å². The van der Waals surface area contributed by atoms with Gasteiger partial charge in [-0.15, -0.1) is 11.5 Å². The maximum Gasteiger partial charge on any atom is 0.128 e. The molecule has 0 heterocycles. The molecule has 0 aromatic carbocycles. The minimum Gasteiger partial charge on any atom is -0.135 e. The maximum absolute atomic E-state index is 3.57. The number of hydrogen-bond acceptors (Lipinski definition) is 0. The van der Waals surface area contributed by atoms with Gasteiger partial charge in [0.25, 0.3) is 0 Å². The molecule has 1 aliphatic rings. The van der Waals surface area contributed by atoms with Crippen LogP contribution in [0.25, 0.3) is 0 Å². The fourth-order valence-electron chi connectivity index (χ4n) is 1.55. The van der Waals surface area contributed by atoms with Crippen LogP contribution in [0, 0.1) is 17.4 Å². The smallest absolute Gasteiger partial charge is 0.128 e. The van der Waals surface area contributed by atoms with Gasteiger partial charge in [0.1, 0.15) is 8.80 Å². The van der Waals surface area contributed by atoms with Crippen LogP contribution < -0.4 is 0 Å². The molecule has 0 spiro atoms. The van der Waals surface area contributed by atoms with Crippen LogP contribution in [0.1, 0.15) is 40.5 Å². The lowest BCUT2D eigenvalue weighted by atomic mass is 10.2. The summed E-state index contributed by atoms with van der Waals surface area (Å²) in [4.78, 5) is 0. The van der Waals surface area contributed by atoms with E-state index in [1.54, 1.807) is 0 Å². The number of rotatable bonds is 2. The number of hydrogen-bond donors (Lipinski definition) is 0. The lowest BCUT2D eigenvalue weighted by Crippen LogP contribution is -2.15. The summed E-state index contributed by atoms with van der Waals surface area (Å²) >= 11 is 0. The average Bonchev–Trinajstić information content (AvgIpc) is 2.69. The van der Waals surface area contributed by atoms with E-state index in [4.69, 9.17) is 0 Å². The topological polar surface area (TPSA) is 0 Å². The Bertz CT molecular complexity index is 189. The molecule has 1 aliphatic carbocycles. The molecule has 0 aromatic heterocycles. The molecule has 0 nitrogen and oxygen atoms in total. The van der Waals surface area contributed by atoms with E-state index in [-0.39, 0.29) is 0 Å². The second kappa shape index (κ2) is 4.14. The molecule has 0 aliphatic heterocycles. The predicted octanol–water partition coefficient (Wildman–Crippen LogP) is 2.99. The van der Waals surface area contributed by atoms with Gasteiger partial charge in [-0.2, -0.15) is 0 Å². The SMILES string of the molecule is CC(C)C#C[SiH](C(C)C)C1CC1. The molecule has 1 atom stereocenters. The fourth-order valence-corrected chi connectivity index (χ4v) is 4.64. The minimum atomic E-state index is -0.687. The van der Waals surface area contributed by atoms with Gasteiger partial charge in [-0.1, -0.05) is 40.5 Å². The lowest BCUT2D eigenvalue weighted by Gasteiger charge is -2.10. The molecule has 0 bridgehead atoms. The highest BCUT2D eigenvalue weighted by Gasteiger charge is 2.33. The zero-order valence-electron chi connectivity index (χ0n) is 8.72. The van der Waals surface area contributed by atoms with E-state index in [2.05, 4.69) is 39.2 Å². The Kier molecular flexibility index (Phi) is 3.40. The summed E-state index contributed by atoms with van der Waals surface area (Å²) in [7, 11) is -0.687. The Hall–Kier alpha value is -0.223. The maximum atomic E-state index is 3.57. The Morgan fingerprint density at radius 1 is 1.17 bits per heavy atom. The van der Waals surface area contributed by atoms with Gasteiger partial charge in [0.15, 0.2) is 0 Å². The van der Waals surface area contributed by atoms with Crippen LogP contribution in [0.3, 0.4) is 0 Å². The molecule has 12 heavy (non-hydrogen) atoms. The largest absolute Gasteiger partial charge is 0.135 e. The van der Waals surface area contributed by atoms with Crippen molar-refractivity contribution in [3.8, 4) is 11.5 Å². The van der Waals surface area contributed by atoms with E-state index in [1.807, 2.05) is 0 Å². The van der Waals surface area contributed by atoms with Crippen molar-refractivity contribution in [2.45, 2.75) is 51.6 Å². The van der Waals surface area contributed by atoms with Crippen LogP contribution in [0.15, 0.2) is 0 Å². The summed E-state index contributed by atoms with van der Waals surface area (Å²) in [5.41, 5.74) is 5.51. The minimum absolute atomic E-state index is 0.567. The van der Waals surface area contributed by atoms with Gasteiger partial charge in [0.2, 0.25) is 0 Å². The molecular weight excluding hydrogens is 160 g/mol. The molecular formula is C11H20Si. The summed E-state index contributed by atoms with van der Waals surface area (Å²) in [5, 5.41) is 0. The Morgan fingerprint density at radius 3 is 2.08 bits per heavy atom. The van der Waals surface area contributed by atoms with Crippen molar-refractivity contribution in [1.82, 2.24) is 0 Å². The summed E-state index contributed by atoms with van der Waals surface area (Å²) in [6.45, 7) is 9.08. The first kappa shape index (κ1) is 9.86. The molecule has 0 saturated heterocycles. The van der Waals surface area contributed by atoms with Gasteiger partial charge in [-0.25, -0.2) is 0 Å². The molecule has 0 N–H and O–H groups in total. The van der Waals surface area contributed by atoms with Crippen LogP contribution in [-0.2, 0) is 0 Å². The Balaban J connectivity index is 2.50. The van der Waals surface area contributed by atoms with E-state index >= 15 is 0 Å². The van der Waals surface area contributed by atoms with Crippen LogP contribution >= 0.6 is 0 Å². The standard InChI is InChI=1S/C11H20Si/c1-9(2)7-8-12(10(3)4)11-5-6-11/h9-12H,5-6H2,1-4H3. The van der Waals surface area contributed by atoms with Crippen molar-refractivity contribution in [3.63, 3.8) is 0 Å². The zero-order chi connectivity index (χ0) is 9.14. The monoisotopic (exact) mass is 180 g/mol. The second-order valence-corrected chi connectivity index (χ2v) is 8.17. The highest BCUT2D eigenvalue weighted by atomic mass is 28.3. The molecule has 1 heteroatoms. The van der Waals surface area contributed by atoms with E-state index in [0.717, 1.165) is 11.1 Å². The van der Waals surface area contributed by atoms with E-state index in [0.29, 0.717) is 5.92 Å². The molecule has 0 amide bonds.